The lowest BCUT2D eigenvalue weighted by molar-refractivity contribution is -0.137. The standard InChI is InChI=1S/C11H12N2O3S/c1-4-16-11(15)8-5(2)7-9(14)12-6(3)13-10(7)17-8/h7H,4H2,1-3H3. The summed E-state index contributed by atoms with van der Waals surface area (Å²) in [6.07, 6.45) is 0. The first-order valence-corrected chi connectivity index (χ1v) is 6.09. The molecule has 5 nitrogen and oxygen atoms in total. The fraction of sp³-hybridized carbons (Fsp3) is 0.455. The van der Waals surface area contributed by atoms with Crippen LogP contribution in [0.2, 0.25) is 0 Å². The number of amidine groups is 1. The Morgan fingerprint density at radius 3 is 2.76 bits per heavy atom. The van der Waals surface area contributed by atoms with Crippen LogP contribution in [0.3, 0.4) is 0 Å². The molecule has 0 fully saturated rings. The molecule has 17 heavy (non-hydrogen) atoms. The summed E-state index contributed by atoms with van der Waals surface area (Å²) in [5.41, 5.74) is 0.688. The van der Waals surface area contributed by atoms with Crippen LogP contribution in [0.1, 0.15) is 20.8 Å². The fourth-order valence-electron chi connectivity index (χ4n) is 1.75. The number of hydrogen-bond donors (Lipinski definition) is 0. The second-order valence-corrected chi connectivity index (χ2v) is 4.75. The van der Waals surface area contributed by atoms with Crippen molar-refractivity contribution in [3.63, 3.8) is 0 Å². The van der Waals surface area contributed by atoms with Crippen molar-refractivity contribution in [3.8, 4) is 0 Å². The smallest absolute Gasteiger partial charge is 0.344 e. The van der Waals surface area contributed by atoms with Crippen molar-refractivity contribution in [1.29, 1.82) is 0 Å². The van der Waals surface area contributed by atoms with E-state index in [0.29, 0.717) is 28.0 Å². The lowest BCUT2D eigenvalue weighted by Crippen LogP contribution is -2.23. The minimum atomic E-state index is -0.483. The van der Waals surface area contributed by atoms with Gasteiger partial charge in [0.05, 0.1) is 16.6 Å². The van der Waals surface area contributed by atoms with Crippen LogP contribution in [0.15, 0.2) is 20.5 Å². The molecule has 0 N–H and O–H groups in total. The molecule has 1 unspecified atom stereocenters. The topological polar surface area (TPSA) is 68.1 Å². The zero-order valence-corrected chi connectivity index (χ0v) is 10.6. The number of rotatable bonds is 2. The van der Waals surface area contributed by atoms with E-state index in [9.17, 15) is 9.59 Å². The van der Waals surface area contributed by atoms with Crippen LogP contribution in [0.25, 0.3) is 0 Å². The number of thioether (sulfide) groups is 1. The van der Waals surface area contributed by atoms with Gasteiger partial charge in [0.2, 0.25) is 0 Å². The molecular formula is C11H12N2O3S. The van der Waals surface area contributed by atoms with Crippen LogP contribution in [0.4, 0.5) is 0 Å². The predicted octanol–water partition coefficient (Wildman–Crippen LogP) is 1.54. The summed E-state index contributed by atoms with van der Waals surface area (Å²) in [6.45, 7) is 5.48. The Balaban J connectivity index is 2.33. The van der Waals surface area contributed by atoms with Crippen LogP contribution in [-0.4, -0.2) is 29.4 Å². The summed E-state index contributed by atoms with van der Waals surface area (Å²) in [4.78, 5) is 31.9. The second-order valence-electron chi connectivity index (χ2n) is 3.71. The van der Waals surface area contributed by atoms with Crippen LogP contribution in [0, 0.1) is 5.92 Å². The van der Waals surface area contributed by atoms with E-state index < -0.39 is 11.9 Å². The lowest BCUT2D eigenvalue weighted by atomic mass is 10.00. The molecule has 1 atom stereocenters. The van der Waals surface area contributed by atoms with E-state index in [-0.39, 0.29) is 5.91 Å². The van der Waals surface area contributed by atoms with Gasteiger partial charge in [-0.3, -0.25) is 4.79 Å². The highest BCUT2D eigenvalue weighted by Crippen LogP contribution is 2.40. The summed E-state index contributed by atoms with van der Waals surface area (Å²) in [7, 11) is 0. The van der Waals surface area contributed by atoms with E-state index >= 15 is 0 Å². The number of ether oxygens (including phenoxy) is 1. The molecule has 2 aliphatic rings. The first-order valence-electron chi connectivity index (χ1n) is 5.28. The second kappa shape index (κ2) is 4.44. The molecule has 0 radical (unpaired) electrons. The van der Waals surface area contributed by atoms with Crippen molar-refractivity contribution in [2.45, 2.75) is 20.8 Å². The van der Waals surface area contributed by atoms with Gasteiger partial charge in [0.25, 0.3) is 5.91 Å². The monoisotopic (exact) mass is 252 g/mol. The Kier molecular flexibility index (Phi) is 3.15. The van der Waals surface area contributed by atoms with Crippen LogP contribution in [0.5, 0.6) is 0 Å². The molecule has 2 heterocycles. The number of carbonyl (C=O) groups is 2. The van der Waals surface area contributed by atoms with Gasteiger partial charge in [0.1, 0.15) is 11.8 Å². The molecule has 90 valence electrons. The highest BCUT2D eigenvalue weighted by Gasteiger charge is 2.40. The van der Waals surface area contributed by atoms with Gasteiger partial charge in [-0.25, -0.2) is 9.79 Å². The van der Waals surface area contributed by atoms with E-state index in [1.807, 2.05) is 0 Å². The average Bonchev–Trinajstić information content (AvgIpc) is 2.56. The molecular weight excluding hydrogens is 240 g/mol. The van der Waals surface area contributed by atoms with Crippen molar-refractivity contribution in [3.05, 3.63) is 10.5 Å². The maximum Gasteiger partial charge on any atom is 0.344 e. The minimum Gasteiger partial charge on any atom is -0.462 e. The molecule has 2 aliphatic heterocycles. The van der Waals surface area contributed by atoms with Gasteiger partial charge in [-0.15, -0.1) is 0 Å². The first-order chi connectivity index (χ1) is 8.04. The van der Waals surface area contributed by atoms with Crippen molar-refractivity contribution >= 4 is 34.5 Å². The average molecular weight is 252 g/mol. The number of amides is 1. The quantitative estimate of drug-likeness (QED) is 0.699. The van der Waals surface area contributed by atoms with Crippen LogP contribution < -0.4 is 0 Å². The van der Waals surface area contributed by atoms with Crippen molar-refractivity contribution in [1.82, 2.24) is 0 Å². The Bertz CT molecular complexity index is 491. The van der Waals surface area contributed by atoms with Crippen LogP contribution in [-0.2, 0) is 14.3 Å². The number of carbonyl (C=O) groups excluding carboxylic acids is 2. The van der Waals surface area contributed by atoms with E-state index in [1.54, 1.807) is 20.8 Å². The molecule has 6 heteroatoms. The van der Waals surface area contributed by atoms with Crippen molar-refractivity contribution < 1.29 is 14.3 Å². The summed E-state index contributed by atoms with van der Waals surface area (Å²) in [6, 6.07) is 0. The summed E-state index contributed by atoms with van der Waals surface area (Å²) >= 11 is 1.21. The first kappa shape index (κ1) is 12.0. The van der Waals surface area contributed by atoms with E-state index in [4.69, 9.17) is 4.74 Å². The van der Waals surface area contributed by atoms with Crippen molar-refractivity contribution in [2.24, 2.45) is 15.9 Å². The number of esters is 1. The molecule has 1 amide bonds. The molecule has 0 aromatic rings. The minimum absolute atomic E-state index is 0.253. The Hall–Kier alpha value is -1.43. The van der Waals surface area contributed by atoms with Crippen molar-refractivity contribution in [2.75, 3.05) is 6.61 Å². The molecule has 0 spiro atoms. The maximum absolute atomic E-state index is 11.8. The highest BCUT2D eigenvalue weighted by atomic mass is 32.2. The van der Waals surface area contributed by atoms with E-state index in [1.165, 1.54) is 11.8 Å². The number of nitrogens with zero attached hydrogens (tertiary/aromatic N) is 2. The third-order valence-electron chi connectivity index (χ3n) is 2.50. The maximum atomic E-state index is 11.8. The fourth-order valence-corrected chi connectivity index (χ4v) is 2.95. The normalized spacial score (nSPS) is 23.2. The van der Waals surface area contributed by atoms with Crippen LogP contribution >= 0.6 is 11.8 Å². The van der Waals surface area contributed by atoms with E-state index in [0.717, 1.165) is 0 Å². The van der Waals surface area contributed by atoms with Gasteiger partial charge in [-0.05, 0) is 26.3 Å². The van der Waals surface area contributed by atoms with Gasteiger partial charge in [0.15, 0.2) is 0 Å². The summed E-state index contributed by atoms with van der Waals surface area (Å²) in [5.74, 6) is -0.691. The number of aliphatic imine (C=N–C) groups is 2. The number of fused-ring (bicyclic) bond motifs is 1. The van der Waals surface area contributed by atoms with E-state index in [2.05, 4.69) is 9.98 Å². The molecule has 2 rings (SSSR count). The molecule has 0 aliphatic carbocycles. The summed E-state index contributed by atoms with van der Waals surface area (Å²) in [5, 5.41) is 0.628. The highest BCUT2D eigenvalue weighted by molar-refractivity contribution is 8.18. The van der Waals surface area contributed by atoms with Gasteiger partial charge in [-0.2, -0.15) is 4.99 Å². The summed E-state index contributed by atoms with van der Waals surface area (Å²) < 4.78 is 4.94. The Morgan fingerprint density at radius 2 is 2.12 bits per heavy atom. The zero-order valence-electron chi connectivity index (χ0n) is 9.81. The lowest BCUT2D eigenvalue weighted by Gasteiger charge is -2.12. The zero-order chi connectivity index (χ0) is 12.6. The van der Waals surface area contributed by atoms with Gasteiger partial charge in [-0.1, -0.05) is 11.8 Å². The van der Waals surface area contributed by atoms with Gasteiger partial charge >= 0.3 is 5.97 Å². The Labute approximate surface area is 103 Å². The van der Waals surface area contributed by atoms with Gasteiger partial charge in [0, 0.05) is 0 Å². The third kappa shape index (κ3) is 2.04. The van der Waals surface area contributed by atoms with Gasteiger partial charge < -0.3 is 4.74 Å². The molecule has 0 bridgehead atoms. The third-order valence-corrected chi connectivity index (χ3v) is 3.73. The SMILES string of the molecule is CCOC(=O)C1=C(C)C2C(=O)N=C(C)N=C2S1. The molecule has 0 aromatic heterocycles. The molecule has 0 saturated carbocycles. The molecule has 0 saturated heterocycles. The predicted molar refractivity (Wildman–Crippen MR) is 66.0 cm³/mol. The number of hydrogen-bond acceptors (Lipinski definition) is 5. The largest absolute Gasteiger partial charge is 0.462 e. The Morgan fingerprint density at radius 1 is 1.41 bits per heavy atom. The molecule has 0 aromatic carbocycles.